The van der Waals surface area contributed by atoms with Gasteiger partial charge in [0.25, 0.3) is 0 Å². The Labute approximate surface area is 80.2 Å². The van der Waals surface area contributed by atoms with Crippen molar-refractivity contribution >= 4 is 12.6 Å². The van der Waals surface area contributed by atoms with Crippen LogP contribution in [0.4, 0.5) is 0 Å². The van der Waals surface area contributed by atoms with Crippen molar-refractivity contribution in [2.45, 2.75) is 0 Å². The fourth-order valence-electron chi connectivity index (χ4n) is 1.36. The molecule has 0 fully saturated rings. The molecule has 14 heavy (non-hydrogen) atoms. The Morgan fingerprint density at radius 1 is 1.14 bits per heavy atom. The highest BCUT2D eigenvalue weighted by Gasteiger charge is 2.10. The maximum absolute atomic E-state index is 10.8. The zero-order valence-corrected chi connectivity index (χ0v) is 7.31. The van der Waals surface area contributed by atoms with Gasteiger partial charge in [-0.05, 0) is 12.1 Å². The van der Waals surface area contributed by atoms with Gasteiger partial charge in [-0.1, -0.05) is 0 Å². The second kappa shape index (κ2) is 3.33. The minimum absolute atomic E-state index is 0.378. The van der Waals surface area contributed by atoms with Gasteiger partial charge in [0.15, 0.2) is 12.6 Å². The van der Waals surface area contributed by atoms with E-state index in [1.165, 1.54) is 6.20 Å². The molecule has 2 aromatic heterocycles. The number of aromatic nitrogens is 2. The van der Waals surface area contributed by atoms with E-state index in [4.69, 9.17) is 0 Å². The summed E-state index contributed by atoms with van der Waals surface area (Å²) in [5, 5.41) is 0. The quantitative estimate of drug-likeness (QED) is 0.741. The van der Waals surface area contributed by atoms with Gasteiger partial charge in [-0.3, -0.25) is 9.59 Å². The van der Waals surface area contributed by atoms with Gasteiger partial charge in [0.2, 0.25) is 0 Å². The summed E-state index contributed by atoms with van der Waals surface area (Å²) in [5.74, 6) is 0.618. The highest BCUT2D eigenvalue weighted by molar-refractivity contribution is 5.93. The number of nitrogens with one attached hydrogen (secondary N) is 1. The monoisotopic (exact) mass is 188 g/mol. The number of H-pyrrole nitrogens is 1. The Bertz CT molecular complexity index is 454. The van der Waals surface area contributed by atoms with Crippen LogP contribution in [0.2, 0.25) is 0 Å². The Morgan fingerprint density at radius 3 is 2.43 bits per heavy atom. The van der Waals surface area contributed by atoms with Crippen LogP contribution in [0.1, 0.15) is 20.7 Å². The topological polar surface area (TPSA) is 54.9 Å². The molecule has 2 aromatic rings. The average Bonchev–Trinajstić information content (AvgIpc) is 2.85. The van der Waals surface area contributed by atoms with Crippen LogP contribution in [0.15, 0.2) is 30.7 Å². The molecule has 2 heterocycles. The van der Waals surface area contributed by atoms with E-state index in [1.807, 2.05) is 12.1 Å². The minimum Gasteiger partial charge on any atom is -0.346 e. The summed E-state index contributed by atoms with van der Waals surface area (Å²) in [6, 6.07) is 3.69. The molecule has 0 aliphatic rings. The van der Waals surface area contributed by atoms with Crippen molar-refractivity contribution in [3.8, 4) is 5.82 Å². The largest absolute Gasteiger partial charge is 0.346 e. The van der Waals surface area contributed by atoms with E-state index in [0.717, 1.165) is 0 Å². The highest BCUT2D eigenvalue weighted by atomic mass is 16.1. The lowest BCUT2D eigenvalue weighted by atomic mass is 10.2. The molecule has 70 valence electrons. The third-order valence-corrected chi connectivity index (χ3v) is 2.04. The molecule has 0 spiro atoms. The Morgan fingerprint density at radius 2 is 1.86 bits per heavy atom. The summed E-state index contributed by atoms with van der Waals surface area (Å²) in [7, 11) is 0. The van der Waals surface area contributed by atoms with E-state index in [2.05, 4.69) is 4.98 Å². The van der Waals surface area contributed by atoms with Gasteiger partial charge in [-0.15, -0.1) is 0 Å². The second-order valence-electron chi connectivity index (χ2n) is 2.83. The molecule has 4 nitrogen and oxygen atoms in total. The van der Waals surface area contributed by atoms with Crippen molar-refractivity contribution in [1.82, 2.24) is 9.55 Å². The lowest BCUT2D eigenvalue weighted by Gasteiger charge is -1.99. The summed E-state index contributed by atoms with van der Waals surface area (Å²) in [6.07, 6.45) is 6.45. The lowest BCUT2D eigenvalue weighted by molar-refractivity contribution is 0.109. The number of aldehydes is 2. The van der Waals surface area contributed by atoms with Crippen molar-refractivity contribution in [3.05, 3.63) is 41.9 Å². The van der Waals surface area contributed by atoms with Gasteiger partial charge < -0.3 is 9.55 Å². The van der Waals surface area contributed by atoms with Crippen LogP contribution in [0.25, 0.3) is 5.82 Å². The third kappa shape index (κ3) is 1.17. The van der Waals surface area contributed by atoms with Crippen molar-refractivity contribution in [3.63, 3.8) is 0 Å². The van der Waals surface area contributed by atoms with Gasteiger partial charge in [-0.2, -0.15) is 0 Å². The molecule has 4 heteroatoms. The molecule has 0 unspecified atom stereocenters. The molecular weight excluding hydrogens is 180 g/mol. The Hall–Kier alpha value is -2.10. The van der Waals surface area contributed by atoms with Crippen LogP contribution < -0.4 is 0 Å². The van der Waals surface area contributed by atoms with E-state index < -0.39 is 0 Å². The smallest absolute Gasteiger partial charge is 0.154 e. The fourth-order valence-corrected chi connectivity index (χ4v) is 1.36. The van der Waals surface area contributed by atoms with E-state index >= 15 is 0 Å². The molecule has 0 aromatic carbocycles. The van der Waals surface area contributed by atoms with Gasteiger partial charge >= 0.3 is 0 Å². The summed E-state index contributed by atoms with van der Waals surface area (Å²) in [4.78, 5) is 24.2. The van der Waals surface area contributed by atoms with Crippen molar-refractivity contribution in [2.24, 2.45) is 0 Å². The molecule has 0 amide bonds. The van der Waals surface area contributed by atoms with Crippen molar-refractivity contribution in [2.75, 3.05) is 0 Å². The molecule has 0 atom stereocenters. The molecule has 0 aliphatic carbocycles. The number of nitrogens with zero attached hydrogens (tertiary/aromatic N) is 1. The lowest BCUT2D eigenvalue weighted by Crippen LogP contribution is -1.95. The van der Waals surface area contributed by atoms with Gasteiger partial charge in [0.05, 0.1) is 5.56 Å². The molecule has 0 saturated carbocycles. The zero-order chi connectivity index (χ0) is 9.97. The number of carbonyl (C=O) groups excluding carboxylic acids is 2. The summed E-state index contributed by atoms with van der Waals surface area (Å²) in [5.41, 5.74) is 0.764. The molecule has 1 N–H and O–H groups in total. The molecule has 0 saturated heterocycles. The van der Waals surface area contributed by atoms with Gasteiger partial charge in [0.1, 0.15) is 5.82 Å². The van der Waals surface area contributed by atoms with Crippen molar-refractivity contribution in [1.29, 1.82) is 0 Å². The van der Waals surface area contributed by atoms with Crippen LogP contribution in [-0.4, -0.2) is 22.1 Å². The number of hydrogen-bond donors (Lipinski definition) is 1. The second-order valence-corrected chi connectivity index (χ2v) is 2.83. The predicted octanol–water partition coefficient (Wildman–Crippen LogP) is 1.43. The van der Waals surface area contributed by atoms with Gasteiger partial charge in [0, 0.05) is 24.2 Å². The summed E-state index contributed by atoms with van der Waals surface area (Å²) >= 11 is 0. The van der Waals surface area contributed by atoms with E-state index in [1.54, 1.807) is 17.0 Å². The fraction of sp³-hybridized carbons (Fsp3) is 0. The standard InChI is InChI=1S/C10H8N2O2/c13-6-8-5-11-10(9(8)7-14)12-3-1-2-4-12/h1-7,11H. The summed E-state index contributed by atoms with van der Waals surface area (Å²) < 4.78 is 1.75. The first-order valence-electron chi connectivity index (χ1n) is 4.12. The average molecular weight is 188 g/mol. The van der Waals surface area contributed by atoms with Crippen LogP contribution in [0, 0.1) is 0 Å². The van der Waals surface area contributed by atoms with Crippen LogP contribution in [-0.2, 0) is 0 Å². The third-order valence-electron chi connectivity index (χ3n) is 2.04. The SMILES string of the molecule is O=Cc1c[nH]c(-n2cccc2)c1C=O. The van der Waals surface area contributed by atoms with Crippen LogP contribution in [0.5, 0.6) is 0 Å². The van der Waals surface area contributed by atoms with Crippen molar-refractivity contribution < 1.29 is 9.59 Å². The first-order chi connectivity index (χ1) is 6.86. The van der Waals surface area contributed by atoms with E-state index in [9.17, 15) is 9.59 Å². The van der Waals surface area contributed by atoms with E-state index in [0.29, 0.717) is 29.5 Å². The molecule has 0 radical (unpaired) electrons. The first kappa shape index (κ1) is 8.50. The number of aromatic amines is 1. The Balaban J connectivity index is 2.59. The van der Waals surface area contributed by atoms with Crippen LogP contribution in [0.3, 0.4) is 0 Å². The van der Waals surface area contributed by atoms with Crippen LogP contribution >= 0.6 is 0 Å². The normalized spacial score (nSPS) is 10.0. The Kier molecular flexibility index (Phi) is 2.02. The minimum atomic E-state index is 0.378. The predicted molar refractivity (Wildman–Crippen MR) is 50.9 cm³/mol. The zero-order valence-electron chi connectivity index (χ0n) is 7.31. The summed E-state index contributed by atoms with van der Waals surface area (Å²) in [6.45, 7) is 0. The first-order valence-corrected chi connectivity index (χ1v) is 4.12. The highest BCUT2D eigenvalue weighted by Crippen LogP contribution is 2.14. The maximum atomic E-state index is 10.8. The number of carbonyl (C=O) groups is 2. The van der Waals surface area contributed by atoms with E-state index in [-0.39, 0.29) is 0 Å². The molecule has 2 rings (SSSR count). The maximum Gasteiger partial charge on any atom is 0.154 e. The number of hydrogen-bond acceptors (Lipinski definition) is 2. The molecular formula is C10H8N2O2. The van der Waals surface area contributed by atoms with Gasteiger partial charge in [-0.25, -0.2) is 0 Å². The number of rotatable bonds is 3. The molecule has 0 bridgehead atoms. The molecule has 0 aliphatic heterocycles.